The smallest absolute Gasteiger partial charge is 0.306 e. The molecular weight excluding hydrogens is 640 g/mol. The average molecular weight is 711 g/mol. The van der Waals surface area contributed by atoms with Crippen molar-refractivity contribution in [1.29, 1.82) is 0 Å². The second-order valence-corrected chi connectivity index (χ2v) is 15.0. The lowest BCUT2D eigenvalue weighted by Crippen LogP contribution is -2.61. The molecule has 10 heteroatoms. The third kappa shape index (κ3) is 14.8. The molecular formula is C40H70O10. The number of esters is 2. The Morgan fingerprint density at radius 1 is 0.760 bits per heavy atom. The molecule has 0 amide bonds. The summed E-state index contributed by atoms with van der Waals surface area (Å²) in [6.45, 7) is 4.08. The second kappa shape index (κ2) is 24.6. The normalized spacial score (nSPS) is 33.0. The van der Waals surface area contributed by atoms with Crippen LogP contribution in [0.15, 0.2) is 12.2 Å². The first-order valence-electron chi connectivity index (χ1n) is 20.3. The van der Waals surface area contributed by atoms with Crippen molar-refractivity contribution in [2.24, 2.45) is 11.8 Å². The summed E-state index contributed by atoms with van der Waals surface area (Å²) in [4.78, 5) is 25.7. The van der Waals surface area contributed by atoms with Crippen molar-refractivity contribution in [3.63, 3.8) is 0 Å². The van der Waals surface area contributed by atoms with Crippen LogP contribution in [0.3, 0.4) is 0 Å². The number of cyclic esters (lactones) is 1. The molecule has 50 heavy (non-hydrogen) atoms. The van der Waals surface area contributed by atoms with Gasteiger partial charge in [0.25, 0.3) is 0 Å². The second-order valence-electron chi connectivity index (χ2n) is 15.0. The maximum absolute atomic E-state index is 13.4. The summed E-state index contributed by atoms with van der Waals surface area (Å²) in [6.07, 6.45) is 16.9. The van der Waals surface area contributed by atoms with Gasteiger partial charge < -0.3 is 39.4 Å². The van der Waals surface area contributed by atoms with Crippen molar-refractivity contribution in [3.8, 4) is 0 Å². The van der Waals surface area contributed by atoms with Crippen LogP contribution >= 0.6 is 0 Å². The zero-order chi connectivity index (χ0) is 36.1. The number of unbranched alkanes of at least 4 members (excludes halogenated alkanes) is 14. The average Bonchev–Trinajstić information content (AvgIpc) is 3.10. The van der Waals surface area contributed by atoms with Crippen molar-refractivity contribution in [1.82, 2.24) is 0 Å². The molecule has 10 nitrogen and oxygen atoms in total. The Morgan fingerprint density at radius 2 is 1.36 bits per heavy atom. The van der Waals surface area contributed by atoms with Gasteiger partial charge in [-0.25, -0.2) is 0 Å². The van der Waals surface area contributed by atoms with E-state index >= 15 is 0 Å². The molecule has 2 fully saturated rings. The number of rotatable bonds is 19. The van der Waals surface area contributed by atoms with Gasteiger partial charge in [-0.15, -0.1) is 0 Å². The number of hydrogen-bond donors (Lipinski definition) is 4. The molecule has 1 saturated heterocycles. The number of carbonyl (C=O) groups is 2. The molecule has 10 atom stereocenters. The van der Waals surface area contributed by atoms with E-state index in [1.54, 1.807) is 0 Å². The third-order valence-corrected chi connectivity index (χ3v) is 10.8. The minimum Gasteiger partial charge on any atom is -0.463 e. The third-order valence-electron chi connectivity index (χ3n) is 10.8. The van der Waals surface area contributed by atoms with Gasteiger partial charge in [0, 0.05) is 25.2 Å². The lowest BCUT2D eigenvalue weighted by atomic mass is 9.71. The van der Waals surface area contributed by atoms with Gasteiger partial charge in [0.05, 0.1) is 6.10 Å². The highest BCUT2D eigenvalue weighted by Gasteiger charge is 2.50. The molecule has 1 aliphatic carbocycles. The van der Waals surface area contributed by atoms with Crippen LogP contribution in [0.4, 0.5) is 0 Å². The summed E-state index contributed by atoms with van der Waals surface area (Å²) < 4.78 is 23.7. The van der Waals surface area contributed by atoms with Gasteiger partial charge in [-0.2, -0.15) is 0 Å². The highest BCUT2D eigenvalue weighted by atomic mass is 16.7. The standard InChI is InChI=1S/C40H70O10/c1-3-5-7-8-9-10-11-12-13-14-15-16-22-26-35(43)50-39-30-24-20-17-18-21-25-34(42)47-28-33-36(44)37(45)38(46)40(49-33)48-32(39)27-31(41)29(30)23-19-6-4-2/h20,24,29-33,36-41,44-46H,3-19,21-23,25-28H2,1-2H3/b24-20-/t29-,30+,31+,32-,33-,36+,37-,38+,39-,40+/m0/s1. The van der Waals surface area contributed by atoms with Crippen LogP contribution in [0, 0.1) is 11.8 Å². The predicted octanol–water partition coefficient (Wildman–Crippen LogP) is 6.82. The van der Waals surface area contributed by atoms with Crippen LogP contribution in [0.2, 0.25) is 0 Å². The molecule has 2 aliphatic heterocycles. The van der Waals surface area contributed by atoms with E-state index in [2.05, 4.69) is 13.8 Å². The first kappa shape index (κ1) is 42.8. The molecule has 0 aromatic rings. The molecule has 0 spiro atoms. The van der Waals surface area contributed by atoms with E-state index in [0.717, 1.165) is 51.4 Å². The fraction of sp³-hybridized carbons (Fsp3) is 0.900. The van der Waals surface area contributed by atoms with Crippen LogP contribution in [-0.4, -0.2) is 88.0 Å². The van der Waals surface area contributed by atoms with E-state index in [9.17, 15) is 30.0 Å². The number of fused-ring (bicyclic) bond motifs is 4. The summed E-state index contributed by atoms with van der Waals surface area (Å²) in [6, 6.07) is 0. The maximum Gasteiger partial charge on any atom is 0.306 e. The van der Waals surface area contributed by atoms with E-state index in [1.165, 1.54) is 64.2 Å². The van der Waals surface area contributed by atoms with E-state index in [-0.39, 0.29) is 37.3 Å². The monoisotopic (exact) mass is 710 g/mol. The summed E-state index contributed by atoms with van der Waals surface area (Å²) in [7, 11) is 0. The number of allylic oxidation sites excluding steroid dienone is 1. The number of hydrogen-bond acceptors (Lipinski definition) is 10. The fourth-order valence-electron chi connectivity index (χ4n) is 7.72. The Bertz CT molecular complexity index is 958. The molecule has 0 unspecified atom stereocenters. The number of aliphatic hydroxyl groups is 4. The lowest BCUT2D eigenvalue weighted by molar-refractivity contribution is -0.324. The Morgan fingerprint density at radius 3 is 2.02 bits per heavy atom. The Kier molecular flexibility index (Phi) is 21.1. The lowest BCUT2D eigenvalue weighted by Gasteiger charge is -2.47. The Hall–Kier alpha value is -1.56. The quantitative estimate of drug-likeness (QED) is 0.0638. The van der Waals surface area contributed by atoms with Gasteiger partial charge in [-0.1, -0.05) is 122 Å². The van der Waals surface area contributed by atoms with Crippen molar-refractivity contribution in [2.75, 3.05) is 6.61 Å². The molecule has 2 heterocycles. The SMILES string of the molecule is CCCCCCCCCCCCCCCC(=O)O[C@H]1[C@@H]2/C=C\CCCCC(=O)OC[C@@H]3O[C@@H](O[C@H]1C[C@@H](O)[C@H]2CCCCC)[C@H](O)[C@@H](O)[C@@H]3O. The Labute approximate surface area is 301 Å². The topological polar surface area (TPSA) is 152 Å². The Balaban J connectivity index is 1.65. The molecule has 0 aromatic heterocycles. The van der Waals surface area contributed by atoms with E-state index in [0.29, 0.717) is 19.3 Å². The molecule has 4 N–H and O–H groups in total. The molecule has 3 rings (SSSR count). The van der Waals surface area contributed by atoms with Crippen molar-refractivity contribution >= 4 is 11.9 Å². The van der Waals surface area contributed by atoms with E-state index in [4.69, 9.17) is 18.9 Å². The van der Waals surface area contributed by atoms with E-state index in [1.807, 2.05) is 12.2 Å². The molecule has 3 aliphatic rings. The van der Waals surface area contributed by atoms with Crippen LogP contribution in [0.1, 0.15) is 162 Å². The predicted molar refractivity (Wildman–Crippen MR) is 192 cm³/mol. The maximum atomic E-state index is 13.4. The zero-order valence-corrected chi connectivity index (χ0v) is 31.1. The number of aliphatic hydroxyl groups excluding tert-OH is 4. The molecule has 290 valence electrons. The van der Waals surface area contributed by atoms with Gasteiger partial charge in [0.2, 0.25) is 0 Å². The van der Waals surface area contributed by atoms with Gasteiger partial charge in [0.15, 0.2) is 6.29 Å². The van der Waals surface area contributed by atoms with E-state index < -0.39 is 55.0 Å². The summed E-state index contributed by atoms with van der Waals surface area (Å²) in [5, 5.41) is 43.6. The molecule has 0 aromatic carbocycles. The first-order chi connectivity index (χ1) is 24.3. The van der Waals surface area contributed by atoms with Crippen LogP contribution in [0.25, 0.3) is 0 Å². The summed E-state index contributed by atoms with van der Waals surface area (Å²) in [5.74, 6) is -1.23. The van der Waals surface area contributed by atoms with Crippen LogP contribution in [0.5, 0.6) is 0 Å². The van der Waals surface area contributed by atoms with Gasteiger partial charge in [-0.05, 0) is 38.0 Å². The van der Waals surface area contributed by atoms with Crippen molar-refractivity contribution in [2.45, 2.75) is 211 Å². The zero-order valence-electron chi connectivity index (χ0n) is 31.1. The van der Waals surface area contributed by atoms with Crippen LogP contribution < -0.4 is 0 Å². The highest BCUT2D eigenvalue weighted by Crippen LogP contribution is 2.40. The van der Waals surface area contributed by atoms with Gasteiger partial charge in [-0.3, -0.25) is 9.59 Å². The molecule has 1 saturated carbocycles. The van der Waals surface area contributed by atoms with Crippen LogP contribution in [-0.2, 0) is 28.5 Å². The summed E-state index contributed by atoms with van der Waals surface area (Å²) in [5.41, 5.74) is 0. The van der Waals surface area contributed by atoms with Gasteiger partial charge >= 0.3 is 11.9 Å². The minimum absolute atomic E-state index is 0.155. The number of carbonyl (C=O) groups excluding carboxylic acids is 2. The van der Waals surface area contributed by atoms with Gasteiger partial charge in [0.1, 0.15) is 43.2 Å². The largest absolute Gasteiger partial charge is 0.463 e. The minimum atomic E-state index is -1.61. The first-order valence-corrected chi connectivity index (χ1v) is 20.3. The summed E-state index contributed by atoms with van der Waals surface area (Å²) >= 11 is 0. The fourth-order valence-corrected chi connectivity index (χ4v) is 7.72. The van der Waals surface area contributed by atoms with Crippen molar-refractivity contribution < 1.29 is 49.0 Å². The molecule has 0 radical (unpaired) electrons. The van der Waals surface area contributed by atoms with Crippen molar-refractivity contribution in [3.05, 3.63) is 12.2 Å². The highest BCUT2D eigenvalue weighted by molar-refractivity contribution is 5.69. The molecule has 4 bridgehead atoms. The number of ether oxygens (including phenoxy) is 4.